The highest BCUT2D eigenvalue weighted by Crippen LogP contribution is 2.28. The van der Waals surface area contributed by atoms with Gasteiger partial charge >= 0.3 is 0 Å². The third-order valence-electron chi connectivity index (χ3n) is 3.67. The molecule has 1 atom stereocenters. The molecule has 1 aromatic rings. The van der Waals surface area contributed by atoms with Crippen LogP contribution < -0.4 is 0 Å². The van der Waals surface area contributed by atoms with Gasteiger partial charge in [0.15, 0.2) is 15.6 Å². The van der Waals surface area contributed by atoms with E-state index in [2.05, 4.69) is 0 Å². The van der Waals surface area contributed by atoms with Gasteiger partial charge in [-0.2, -0.15) is 0 Å². The molecule has 1 unspecified atom stereocenters. The van der Waals surface area contributed by atoms with Crippen LogP contribution in [-0.4, -0.2) is 32.7 Å². The minimum atomic E-state index is -3.32. The van der Waals surface area contributed by atoms with E-state index in [1.807, 2.05) is 27.7 Å². The van der Waals surface area contributed by atoms with Crippen LogP contribution in [0.2, 0.25) is 0 Å². The summed E-state index contributed by atoms with van der Waals surface area (Å²) in [5.41, 5.74) is 1.74. The molecule has 0 spiro atoms. The molecule has 1 heterocycles. The van der Waals surface area contributed by atoms with Crippen molar-refractivity contribution in [2.45, 2.75) is 44.5 Å². The highest BCUT2D eigenvalue weighted by atomic mass is 32.2. The van der Waals surface area contributed by atoms with Gasteiger partial charge in [0.25, 0.3) is 0 Å². The van der Waals surface area contributed by atoms with E-state index in [9.17, 15) is 8.42 Å². The summed E-state index contributed by atoms with van der Waals surface area (Å²) < 4.78 is 36.1. The van der Waals surface area contributed by atoms with Gasteiger partial charge in [0.2, 0.25) is 0 Å². The lowest BCUT2D eigenvalue weighted by molar-refractivity contribution is -0.134. The standard InChI is InChI=1S/C16H22O4S/c1-12(13(2)15-10-19-16(3,4)20-15)11-21(17,18)14-8-6-5-7-9-14/h5-9,15H,10-11H2,1-4H3/b13-12+. The van der Waals surface area contributed by atoms with Crippen LogP contribution in [0, 0.1) is 0 Å². The van der Waals surface area contributed by atoms with E-state index in [4.69, 9.17) is 9.47 Å². The number of ether oxygens (including phenoxy) is 2. The Bertz CT molecular complexity index is 630. The molecule has 1 aliphatic heterocycles. The first-order chi connectivity index (χ1) is 9.71. The first kappa shape index (κ1) is 16.2. The predicted octanol–water partition coefficient (Wildman–Crippen LogP) is 2.95. The summed E-state index contributed by atoms with van der Waals surface area (Å²) in [7, 11) is -3.32. The smallest absolute Gasteiger partial charge is 0.182 e. The van der Waals surface area contributed by atoms with Crippen LogP contribution in [-0.2, 0) is 19.3 Å². The number of benzene rings is 1. The van der Waals surface area contributed by atoms with E-state index in [-0.39, 0.29) is 11.9 Å². The second-order valence-corrected chi connectivity index (χ2v) is 7.84. The average molecular weight is 310 g/mol. The van der Waals surface area contributed by atoms with Crippen molar-refractivity contribution in [1.82, 2.24) is 0 Å². The first-order valence-corrected chi connectivity index (χ1v) is 8.62. The fourth-order valence-corrected chi connectivity index (χ4v) is 3.82. The molecule has 0 saturated carbocycles. The third kappa shape index (κ3) is 3.93. The van der Waals surface area contributed by atoms with Crippen LogP contribution in [0.4, 0.5) is 0 Å². The Labute approximate surface area is 126 Å². The minimum absolute atomic E-state index is 0.00311. The van der Waals surface area contributed by atoms with Gasteiger partial charge in [-0.3, -0.25) is 0 Å². The second-order valence-electron chi connectivity index (χ2n) is 5.85. The highest BCUT2D eigenvalue weighted by Gasteiger charge is 2.34. The quantitative estimate of drug-likeness (QED) is 0.802. The highest BCUT2D eigenvalue weighted by molar-refractivity contribution is 7.91. The van der Waals surface area contributed by atoms with Crippen molar-refractivity contribution in [3.63, 3.8) is 0 Å². The number of sulfone groups is 1. The van der Waals surface area contributed by atoms with Gasteiger partial charge in [-0.1, -0.05) is 23.8 Å². The normalized spacial score (nSPS) is 23.0. The molecule has 4 nitrogen and oxygen atoms in total. The Morgan fingerprint density at radius 2 is 1.86 bits per heavy atom. The summed E-state index contributed by atoms with van der Waals surface area (Å²) in [5.74, 6) is -0.604. The molecule has 0 amide bonds. The molecular weight excluding hydrogens is 288 g/mol. The van der Waals surface area contributed by atoms with Gasteiger partial charge in [-0.05, 0) is 45.4 Å². The van der Waals surface area contributed by atoms with E-state index in [0.29, 0.717) is 11.5 Å². The zero-order valence-corrected chi connectivity index (χ0v) is 13.7. The van der Waals surface area contributed by atoms with Gasteiger partial charge < -0.3 is 9.47 Å². The van der Waals surface area contributed by atoms with Crippen LogP contribution in [0.5, 0.6) is 0 Å². The van der Waals surface area contributed by atoms with Gasteiger partial charge in [0.05, 0.1) is 17.3 Å². The molecule has 0 bridgehead atoms. The van der Waals surface area contributed by atoms with E-state index in [1.165, 1.54) is 0 Å². The van der Waals surface area contributed by atoms with Gasteiger partial charge in [-0.15, -0.1) is 0 Å². The molecule has 1 aliphatic rings. The molecule has 5 heteroatoms. The number of hydrogen-bond donors (Lipinski definition) is 0. The molecule has 0 aromatic heterocycles. The Balaban J connectivity index is 2.17. The second kappa shape index (κ2) is 5.91. The van der Waals surface area contributed by atoms with E-state index in [0.717, 1.165) is 11.1 Å². The Kier molecular flexibility index (Phi) is 4.56. The van der Waals surface area contributed by atoms with Crippen LogP contribution in [0.25, 0.3) is 0 Å². The van der Waals surface area contributed by atoms with Crippen LogP contribution >= 0.6 is 0 Å². The van der Waals surface area contributed by atoms with Crippen molar-refractivity contribution >= 4 is 9.84 Å². The fraction of sp³-hybridized carbons (Fsp3) is 0.500. The molecule has 0 N–H and O–H groups in total. The molecule has 2 rings (SSSR count). The predicted molar refractivity (Wildman–Crippen MR) is 81.8 cm³/mol. The number of hydrogen-bond acceptors (Lipinski definition) is 4. The maximum absolute atomic E-state index is 12.4. The topological polar surface area (TPSA) is 52.6 Å². The van der Waals surface area contributed by atoms with Crippen molar-refractivity contribution < 1.29 is 17.9 Å². The zero-order valence-electron chi connectivity index (χ0n) is 12.9. The van der Waals surface area contributed by atoms with Crippen molar-refractivity contribution in [2.75, 3.05) is 12.4 Å². The first-order valence-electron chi connectivity index (χ1n) is 6.97. The molecule has 0 aliphatic carbocycles. The molecule has 0 radical (unpaired) electrons. The molecule has 21 heavy (non-hydrogen) atoms. The van der Waals surface area contributed by atoms with Crippen molar-refractivity contribution in [3.05, 3.63) is 41.5 Å². The Morgan fingerprint density at radius 1 is 1.24 bits per heavy atom. The summed E-state index contributed by atoms with van der Waals surface area (Å²) in [5, 5.41) is 0. The van der Waals surface area contributed by atoms with E-state index < -0.39 is 15.6 Å². The fourth-order valence-electron chi connectivity index (χ4n) is 2.29. The molecular formula is C16H22O4S. The summed E-state index contributed by atoms with van der Waals surface area (Å²) >= 11 is 0. The lowest BCUT2D eigenvalue weighted by Gasteiger charge is -2.18. The summed E-state index contributed by atoms with van der Waals surface area (Å²) in [6.45, 7) is 7.92. The molecule has 1 aromatic carbocycles. The van der Waals surface area contributed by atoms with Crippen molar-refractivity contribution in [3.8, 4) is 0 Å². The lowest BCUT2D eigenvalue weighted by Crippen LogP contribution is -2.22. The van der Waals surface area contributed by atoms with Crippen LogP contribution in [0.15, 0.2) is 46.4 Å². The monoisotopic (exact) mass is 310 g/mol. The molecule has 1 fully saturated rings. The Hall–Kier alpha value is -1.17. The maximum Gasteiger partial charge on any atom is 0.182 e. The maximum atomic E-state index is 12.4. The largest absolute Gasteiger partial charge is 0.347 e. The zero-order chi connectivity index (χ0) is 15.7. The van der Waals surface area contributed by atoms with Crippen LogP contribution in [0.3, 0.4) is 0 Å². The van der Waals surface area contributed by atoms with E-state index >= 15 is 0 Å². The summed E-state index contributed by atoms with van der Waals surface area (Å²) in [6, 6.07) is 8.51. The van der Waals surface area contributed by atoms with Crippen molar-refractivity contribution in [1.29, 1.82) is 0 Å². The summed E-state index contributed by atoms with van der Waals surface area (Å²) in [4.78, 5) is 0.348. The Morgan fingerprint density at radius 3 is 2.38 bits per heavy atom. The van der Waals surface area contributed by atoms with Crippen LogP contribution in [0.1, 0.15) is 27.7 Å². The number of rotatable bonds is 4. The third-order valence-corrected chi connectivity index (χ3v) is 5.48. The van der Waals surface area contributed by atoms with Crippen molar-refractivity contribution in [2.24, 2.45) is 0 Å². The van der Waals surface area contributed by atoms with Gasteiger partial charge in [-0.25, -0.2) is 8.42 Å². The molecule has 1 saturated heterocycles. The van der Waals surface area contributed by atoms with Gasteiger partial charge in [0.1, 0.15) is 6.10 Å². The summed E-state index contributed by atoms with van der Waals surface area (Å²) in [6.07, 6.45) is -0.175. The molecule has 116 valence electrons. The lowest BCUT2D eigenvalue weighted by atomic mass is 10.1. The minimum Gasteiger partial charge on any atom is -0.347 e. The van der Waals surface area contributed by atoms with Gasteiger partial charge in [0, 0.05) is 0 Å². The average Bonchev–Trinajstić information content (AvgIpc) is 2.78. The SMILES string of the molecule is C/C(CS(=O)(=O)c1ccccc1)=C(/C)C1COC(C)(C)O1. The van der Waals surface area contributed by atoms with E-state index in [1.54, 1.807) is 30.3 Å².